The highest BCUT2D eigenvalue weighted by molar-refractivity contribution is 7.89. The zero-order valence-electron chi connectivity index (χ0n) is 16.0. The SMILES string of the molecule is CC(C)C(NS(=O)(=O)c1ccc2c(c1)OCCCO2)C(=O)N1CCS(=O)CC1. The van der Waals surface area contributed by atoms with Crippen molar-refractivity contribution in [1.29, 1.82) is 0 Å². The Hall–Kier alpha value is -1.65. The Morgan fingerprint density at radius 1 is 1.14 bits per heavy atom. The van der Waals surface area contributed by atoms with Crippen molar-refractivity contribution < 1.29 is 26.9 Å². The van der Waals surface area contributed by atoms with Gasteiger partial charge in [0.2, 0.25) is 15.9 Å². The molecule has 1 saturated heterocycles. The van der Waals surface area contributed by atoms with Gasteiger partial charge in [-0.1, -0.05) is 13.8 Å². The van der Waals surface area contributed by atoms with Gasteiger partial charge in [0.25, 0.3) is 0 Å². The average molecular weight is 431 g/mol. The van der Waals surface area contributed by atoms with E-state index in [1.807, 2.05) is 0 Å². The topological polar surface area (TPSA) is 102 Å². The van der Waals surface area contributed by atoms with E-state index in [4.69, 9.17) is 9.47 Å². The van der Waals surface area contributed by atoms with Crippen LogP contribution >= 0.6 is 0 Å². The first-order valence-corrected chi connectivity index (χ1v) is 12.3. The van der Waals surface area contributed by atoms with E-state index in [1.54, 1.807) is 24.8 Å². The first kappa shape index (κ1) is 21.1. The van der Waals surface area contributed by atoms with Crippen molar-refractivity contribution in [1.82, 2.24) is 9.62 Å². The third-order valence-corrected chi connectivity index (χ3v) is 7.45. The average Bonchev–Trinajstić information content (AvgIpc) is 2.91. The molecule has 1 aromatic carbocycles. The normalized spacial score (nSPS) is 19.3. The maximum atomic E-state index is 12.9. The fraction of sp³-hybridized carbons (Fsp3) is 0.611. The minimum absolute atomic E-state index is 0.0231. The lowest BCUT2D eigenvalue weighted by atomic mass is 10.0. The third kappa shape index (κ3) is 4.84. The molecule has 8 nitrogen and oxygen atoms in total. The highest BCUT2D eigenvalue weighted by atomic mass is 32.2. The molecule has 1 N–H and O–H groups in total. The van der Waals surface area contributed by atoms with Crippen LogP contribution in [0.5, 0.6) is 11.5 Å². The lowest BCUT2D eigenvalue weighted by Gasteiger charge is -2.31. The summed E-state index contributed by atoms with van der Waals surface area (Å²) in [7, 11) is -4.85. The summed E-state index contributed by atoms with van der Waals surface area (Å²) in [6.45, 7) is 5.30. The van der Waals surface area contributed by atoms with Gasteiger partial charge in [-0.2, -0.15) is 4.72 Å². The molecule has 156 valence electrons. The number of nitrogens with one attached hydrogen (secondary N) is 1. The van der Waals surface area contributed by atoms with Gasteiger partial charge in [-0.05, 0) is 18.1 Å². The first-order valence-electron chi connectivity index (χ1n) is 9.33. The molecule has 0 spiro atoms. The second-order valence-electron chi connectivity index (χ2n) is 7.18. The van der Waals surface area contributed by atoms with Gasteiger partial charge in [-0.3, -0.25) is 9.00 Å². The second kappa shape index (κ2) is 8.79. The summed E-state index contributed by atoms with van der Waals surface area (Å²) in [5, 5.41) is 0. The molecule has 1 fully saturated rings. The van der Waals surface area contributed by atoms with Crippen LogP contribution in [0.3, 0.4) is 0 Å². The van der Waals surface area contributed by atoms with E-state index in [0.717, 1.165) is 6.42 Å². The van der Waals surface area contributed by atoms with E-state index in [1.165, 1.54) is 12.1 Å². The zero-order chi connectivity index (χ0) is 20.3. The number of fused-ring (bicyclic) bond motifs is 1. The number of carbonyl (C=O) groups is 1. The van der Waals surface area contributed by atoms with E-state index in [0.29, 0.717) is 49.3 Å². The fourth-order valence-electron chi connectivity index (χ4n) is 3.07. The molecule has 3 rings (SSSR count). The Balaban J connectivity index is 1.79. The molecule has 2 aliphatic rings. The molecule has 1 aromatic rings. The van der Waals surface area contributed by atoms with Gasteiger partial charge in [-0.25, -0.2) is 8.42 Å². The molecule has 28 heavy (non-hydrogen) atoms. The van der Waals surface area contributed by atoms with Gasteiger partial charge in [0, 0.05) is 47.9 Å². The molecule has 0 bridgehead atoms. The molecule has 2 aliphatic heterocycles. The Morgan fingerprint density at radius 2 is 1.79 bits per heavy atom. The van der Waals surface area contributed by atoms with Gasteiger partial charge in [0.05, 0.1) is 18.1 Å². The number of ether oxygens (including phenoxy) is 2. The quantitative estimate of drug-likeness (QED) is 0.739. The molecule has 10 heteroatoms. The van der Waals surface area contributed by atoms with Gasteiger partial charge in [-0.15, -0.1) is 0 Å². The number of carbonyl (C=O) groups excluding carboxylic acids is 1. The first-order chi connectivity index (χ1) is 13.3. The van der Waals surface area contributed by atoms with Crippen molar-refractivity contribution in [3.63, 3.8) is 0 Å². The summed E-state index contributed by atoms with van der Waals surface area (Å²) in [5.74, 6) is 1.21. The maximum absolute atomic E-state index is 12.9. The van der Waals surface area contributed by atoms with Crippen molar-refractivity contribution in [3.8, 4) is 11.5 Å². The number of sulfonamides is 1. The number of amides is 1. The van der Waals surface area contributed by atoms with Crippen LogP contribution in [0.2, 0.25) is 0 Å². The highest BCUT2D eigenvalue weighted by Crippen LogP contribution is 2.32. The molecule has 1 unspecified atom stereocenters. The Bertz CT molecular complexity index is 846. The van der Waals surface area contributed by atoms with E-state index in [9.17, 15) is 17.4 Å². The molecule has 1 amide bonds. The van der Waals surface area contributed by atoms with E-state index in [-0.39, 0.29) is 16.7 Å². The predicted molar refractivity (Wildman–Crippen MR) is 105 cm³/mol. The Labute approximate surface area is 168 Å². The molecule has 2 heterocycles. The van der Waals surface area contributed by atoms with Crippen LogP contribution in [0, 0.1) is 5.92 Å². The zero-order valence-corrected chi connectivity index (χ0v) is 17.7. The van der Waals surface area contributed by atoms with Crippen LogP contribution < -0.4 is 14.2 Å². The standard InChI is InChI=1S/C18H26N2O6S2/c1-13(2)17(18(21)20-6-10-27(22)11-7-20)19-28(23,24)14-4-5-15-16(12-14)26-9-3-8-25-15/h4-5,12-13,17,19H,3,6-11H2,1-2H3. The summed E-state index contributed by atoms with van der Waals surface area (Å²) in [4.78, 5) is 14.5. The van der Waals surface area contributed by atoms with Gasteiger partial charge < -0.3 is 14.4 Å². The largest absolute Gasteiger partial charge is 0.490 e. The van der Waals surface area contributed by atoms with E-state index in [2.05, 4.69) is 4.72 Å². The third-order valence-electron chi connectivity index (χ3n) is 4.73. The molecule has 0 saturated carbocycles. The number of hydrogen-bond donors (Lipinski definition) is 1. The summed E-state index contributed by atoms with van der Waals surface area (Å²) in [5.41, 5.74) is 0. The van der Waals surface area contributed by atoms with E-state index < -0.39 is 26.9 Å². The highest BCUT2D eigenvalue weighted by Gasteiger charge is 2.33. The smallest absolute Gasteiger partial charge is 0.241 e. The summed E-state index contributed by atoms with van der Waals surface area (Å²) >= 11 is 0. The van der Waals surface area contributed by atoms with Crippen molar-refractivity contribution in [2.24, 2.45) is 5.92 Å². The molecule has 0 aliphatic carbocycles. The number of rotatable bonds is 5. The fourth-order valence-corrected chi connectivity index (χ4v) is 5.48. The monoisotopic (exact) mass is 430 g/mol. The number of hydrogen-bond acceptors (Lipinski definition) is 6. The van der Waals surface area contributed by atoms with E-state index >= 15 is 0 Å². The molecule has 1 atom stereocenters. The van der Waals surface area contributed by atoms with Crippen LogP contribution in [0.1, 0.15) is 20.3 Å². The van der Waals surface area contributed by atoms with Crippen LogP contribution in [-0.2, 0) is 25.6 Å². The van der Waals surface area contributed by atoms with Gasteiger partial charge in [0.15, 0.2) is 11.5 Å². The van der Waals surface area contributed by atoms with Crippen molar-refractivity contribution in [2.45, 2.75) is 31.2 Å². The summed E-state index contributed by atoms with van der Waals surface area (Å²) in [6, 6.07) is 3.55. The predicted octanol–water partition coefficient (Wildman–Crippen LogP) is 0.742. The van der Waals surface area contributed by atoms with Gasteiger partial charge >= 0.3 is 0 Å². The minimum atomic E-state index is -3.94. The second-order valence-corrected chi connectivity index (χ2v) is 10.6. The van der Waals surface area contributed by atoms with Crippen molar-refractivity contribution >= 4 is 26.7 Å². The van der Waals surface area contributed by atoms with Crippen molar-refractivity contribution in [2.75, 3.05) is 37.8 Å². The van der Waals surface area contributed by atoms with Crippen molar-refractivity contribution in [3.05, 3.63) is 18.2 Å². The van der Waals surface area contributed by atoms with Crippen LogP contribution in [0.15, 0.2) is 23.1 Å². The van der Waals surface area contributed by atoms with Crippen LogP contribution in [0.4, 0.5) is 0 Å². The molecular formula is C18H26N2O6S2. The lowest BCUT2D eigenvalue weighted by molar-refractivity contribution is -0.133. The van der Waals surface area contributed by atoms with Crippen LogP contribution in [0.25, 0.3) is 0 Å². The number of nitrogens with zero attached hydrogens (tertiary/aromatic N) is 1. The lowest BCUT2D eigenvalue weighted by Crippen LogP contribution is -2.54. The summed E-state index contributed by atoms with van der Waals surface area (Å²) < 4.78 is 51.0. The minimum Gasteiger partial charge on any atom is -0.490 e. The Kier molecular flexibility index (Phi) is 6.61. The van der Waals surface area contributed by atoms with Crippen LogP contribution in [-0.4, -0.2) is 67.3 Å². The van der Waals surface area contributed by atoms with Gasteiger partial charge in [0.1, 0.15) is 6.04 Å². The molecule has 0 radical (unpaired) electrons. The number of benzene rings is 1. The Morgan fingerprint density at radius 3 is 2.43 bits per heavy atom. The summed E-state index contributed by atoms with van der Waals surface area (Å²) in [6.07, 6.45) is 0.722. The molecule has 0 aromatic heterocycles. The maximum Gasteiger partial charge on any atom is 0.241 e. The molecular weight excluding hydrogens is 404 g/mol.